The van der Waals surface area contributed by atoms with Crippen LogP contribution < -0.4 is 0 Å². The summed E-state index contributed by atoms with van der Waals surface area (Å²) in [6, 6.07) is 0. The maximum atomic E-state index is 9.25. The minimum Gasteiger partial charge on any atom is -0.150 e. The number of nitrogens with zero attached hydrogens (tertiary/aromatic N) is 1. The van der Waals surface area contributed by atoms with E-state index < -0.39 is 0 Å². The van der Waals surface area contributed by atoms with Crippen molar-refractivity contribution >= 4 is 22.6 Å². The smallest absolute Gasteiger partial charge is 0.140 e. The van der Waals surface area contributed by atoms with Gasteiger partial charge in [-0.05, 0) is 6.92 Å². The second-order valence-corrected chi connectivity index (χ2v) is 2.48. The second kappa shape index (κ2) is 2.56. The Balaban J connectivity index is 2.83. The molecule has 5 heavy (non-hydrogen) atoms. The number of nitroso groups, excluding NO2 is 1. The minimum absolute atomic E-state index is 0.0763. The Morgan fingerprint density at radius 3 is 2.20 bits per heavy atom. The van der Waals surface area contributed by atoms with Gasteiger partial charge in [-0.25, -0.2) is 0 Å². The van der Waals surface area contributed by atoms with Crippen molar-refractivity contribution in [1.82, 2.24) is 0 Å². The first-order valence-corrected chi connectivity index (χ1v) is 2.48. The van der Waals surface area contributed by atoms with E-state index in [1.165, 1.54) is 0 Å². The molecule has 0 bridgehead atoms. The van der Waals surface area contributed by atoms with Crippen LogP contribution in [-0.4, -0.2) is 4.05 Å². The van der Waals surface area contributed by atoms with Crippen molar-refractivity contribution < 1.29 is 0 Å². The molecule has 1 atom stereocenters. The molecule has 30 valence electrons. The van der Waals surface area contributed by atoms with E-state index in [1.807, 2.05) is 22.6 Å². The summed E-state index contributed by atoms with van der Waals surface area (Å²) in [6.07, 6.45) is 0. The lowest BCUT2D eigenvalue weighted by molar-refractivity contribution is 1.07. The topological polar surface area (TPSA) is 29.4 Å². The van der Waals surface area contributed by atoms with E-state index in [9.17, 15) is 4.91 Å². The second-order valence-electron chi connectivity index (χ2n) is 0.679. The minimum atomic E-state index is -0.0763. The number of hydrogen-bond donors (Lipinski definition) is 0. The average Bonchev–Trinajstić information content (AvgIpc) is 1.38. The Hall–Kier alpha value is 0.330. The van der Waals surface area contributed by atoms with Crippen molar-refractivity contribution in [3.8, 4) is 0 Å². The molecule has 0 amide bonds. The van der Waals surface area contributed by atoms with Gasteiger partial charge in [0, 0.05) is 0 Å². The van der Waals surface area contributed by atoms with Crippen LogP contribution in [0.3, 0.4) is 0 Å². The molecule has 0 aromatic carbocycles. The van der Waals surface area contributed by atoms with Crippen LogP contribution in [0.1, 0.15) is 6.92 Å². The Labute approximate surface area is 44.1 Å². The van der Waals surface area contributed by atoms with Crippen molar-refractivity contribution in [2.24, 2.45) is 5.18 Å². The van der Waals surface area contributed by atoms with E-state index in [-0.39, 0.29) is 4.05 Å². The fourth-order valence-corrected chi connectivity index (χ4v) is 0. The summed E-state index contributed by atoms with van der Waals surface area (Å²) in [7, 11) is 0. The van der Waals surface area contributed by atoms with Gasteiger partial charge in [-0.1, -0.05) is 27.8 Å². The number of rotatable bonds is 1. The molecule has 2 nitrogen and oxygen atoms in total. The lowest BCUT2D eigenvalue weighted by atomic mass is 10.8. The predicted octanol–water partition coefficient (Wildman–Crippen LogP) is 1.53. The summed E-state index contributed by atoms with van der Waals surface area (Å²) in [5.74, 6) is 0. The van der Waals surface area contributed by atoms with Gasteiger partial charge in [0.15, 0.2) is 0 Å². The van der Waals surface area contributed by atoms with E-state index in [2.05, 4.69) is 5.18 Å². The van der Waals surface area contributed by atoms with Crippen LogP contribution in [-0.2, 0) is 0 Å². The Bertz CT molecular complexity index is 36.6. The summed E-state index contributed by atoms with van der Waals surface area (Å²) in [5, 5.41) is 2.63. The first kappa shape index (κ1) is 5.33. The van der Waals surface area contributed by atoms with Gasteiger partial charge >= 0.3 is 0 Å². The van der Waals surface area contributed by atoms with Crippen LogP contribution in [0.5, 0.6) is 0 Å². The highest BCUT2D eigenvalue weighted by Gasteiger charge is 1.83. The molecule has 0 saturated carbocycles. The Morgan fingerprint density at radius 2 is 2.20 bits per heavy atom. The zero-order valence-corrected chi connectivity index (χ0v) is 4.97. The fraction of sp³-hybridized carbons (Fsp3) is 1.00. The highest BCUT2D eigenvalue weighted by atomic mass is 127. The van der Waals surface area contributed by atoms with Crippen LogP contribution in [0.4, 0.5) is 0 Å². The molecule has 0 N–H and O–H groups in total. The van der Waals surface area contributed by atoms with Crippen LogP contribution >= 0.6 is 22.6 Å². The molecule has 0 aliphatic rings. The van der Waals surface area contributed by atoms with E-state index in [1.54, 1.807) is 6.92 Å². The lowest BCUT2D eigenvalue weighted by Gasteiger charge is -1.75. The highest BCUT2D eigenvalue weighted by Crippen LogP contribution is 1.95. The summed E-state index contributed by atoms with van der Waals surface area (Å²) >= 11 is 1.93. The lowest BCUT2D eigenvalue weighted by Crippen LogP contribution is -1.73. The predicted molar refractivity (Wildman–Crippen MR) is 29.3 cm³/mol. The number of halogens is 1. The molecule has 0 aromatic heterocycles. The fourth-order valence-electron chi connectivity index (χ4n) is 0. The number of hydrogen-bond acceptors (Lipinski definition) is 2. The van der Waals surface area contributed by atoms with Crippen LogP contribution in [0.15, 0.2) is 5.18 Å². The molecule has 0 aliphatic carbocycles. The molecule has 0 saturated heterocycles. The van der Waals surface area contributed by atoms with E-state index in [0.29, 0.717) is 0 Å². The van der Waals surface area contributed by atoms with E-state index >= 15 is 0 Å². The molecule has 0 heterocycles. The third-order valence-electron chi connectivity index (χ3n) is 0.145. The summed E-state index contributed by atoms with van der Waals surface area (Å²) < 4.78 is -0.0763. The third kappa shape index (κ3) is 4.33. The Morgan fingerprint density at radius 1 is 2.00 bits per heavy atom. The number of alkyl halides is 1. The summed E-state index contributed by atoms with van der Waals surface area (Å²) in [6.45, 7) is 1.73. The van der Waals surface area contributed by atoms with Gasteiger partial charge in [-0.15, -0.1) is 4.91 Å². The van der Waals surface area contributed by atoms with Crippen molar-refractivity contribution in [2.45, 2.75) is 11.0 Å². The molecule has 0 unspecified atom stereocenters. The maximum Gasteiger partial charge on any atom is 0.140 e. The molecule has 0 fully saturated rings. The molecule has 0 rings (SSSR count). The third-order valence-corrected chi connectivity index (χ3v) is 0.373. The van der Waals surface area contributed by atoms with E-state index in [0.717, 1.165) is 0 Å². The molecule has 3 heteroatoms. The zero-order chi connectivity index (χ0) is 4.28. The van der Waals surface area contributed by atoms with Gasteiger partial charge in [0.1, 0.15) is 4.05 Å². The van der Waals surface area contributed by atoms with E-state index in [4.69, 9.17) is 0 Å². The molecular weight excluding hydrogens is 181 g/mol. The average molecular weight is 185 g/mol. The molecule has 0 aliphatic heterocycles. The van der Waals surface area contributed by atoms with Crippen molar-refractivity contribution in [1.29, 1.82) is 0 Å². The summed E-state index contributed by atoms with van der Waals surface area (Å²) in [5.41, 5.74) is 0. The van der Waals surface area contributed by atoms with Crippen molar-refractivity contribution in [2.75, 3.05) is 0 Å². The first-order chi connectivity index (χ1) is 2.27. The monoisotopic (exact) mass is 185 g/mol. The van der Waals surface area contributed by atoms with Crippen LogP contribution in [0.25, 0.3) is 0 Å². The normalized spacial score (nSPS) is 14.0. The van der Waals surface area contributed by atoms with Gasteiger partial charge in [0.25, 0.3) is 0 Å². The van der Waals surface area contributed by atoms with Crippen molar-refractivity contribution in [3.63, 3.8) is 0 Å². The zero-order valence-electron chi connectivity index (χ0n) is 2.81. The quantitative estimate of drug-likeness (QED) is 0.263. The van der Waals surface area contributed by atoms with Gasteiger partial charge in [-0.2, -0.15) is 0 Å². The van der Waals surface area contributed by atoms with Crippen LogP contribution in [0.2, 0.25) is 0 Å². The molecular formula is C2H4INO. The van der Waals surface area contributed by atoms with Gasteiger partial charge in [0.2, 0.25) is 0 Å². The van der Waals surface area contributed by atoms with Crippen molar-refractivity contribution in [3.05, 3.63) is 4.91 Å². The summed E-state index contributed by atoms with van der Waals surface area (Å²) in [4.78, 5) is 9.25. The standard InChI is InChI=1S/C2H4INO/c1-2(3)4-5/h2H,1H3/t2-/m0/s1. The van der Waals surface area contributed by atoms with Gasteiger partial charge < -0.3 is 0 Å². The largest absolute Gasteiger partial charge is 0.150 e. The Kier molecular flexibility index (Phi) is 2.73. The molecule has 0 spiro atoms. The molecule has 0 radical (unpaired) electrons. The van der Waals surface area contributed by atoms with Gasteiger partial charge in [0.05, 0.1) is 0 Å². The van der Waals surface area contributed by atoms with Crippen LogP contribution in [0, 0.1) is 4.91 Å². The SMILES string of the molecule is C[C@@H](I)N=O. The molecule has 0 aromatic rings. The van der Waals surface area contributed by atoms with Gasteiger partial charge in [-0.3, -0.25) is 0 Å². The highest BCUT2D eigenvalue weighted by molar-refractivity contribution is 14.1. The first-order valence-electron chi connectivity index (χ1n) is 1.24. The maximum absolute atomic E-state index is 9.25.